The van der Waals surface area contributed by atoms with Crippen LogP contribution >= 0.6 is 0 Å². The van der Waals surface area contributed by atoms with E-state index in [1.807, 2.05) is 0 Å². The Morgan fingerprint density at radius 3 is 2.48 bits per heavy atom. The molecule has 4 heteroatoms. The van der Waals surface area contributed by atoms with Gasteiger partial charge in [-0.25, -0.2) is 4.39 Å². The van der Waals surface area contributed by atoms with Gasteiger partial charge in [-0.2, -0.15) is 0 Å². The quantitative estimate of drug-likeness (QED) is 0.573. The number of anilines is 1. The van der Waals surface area contributed by atoms with Crippen LogP contribution in [0.4, 0.5) is 10.1 Å². The Labute approximate surface area is 127 Å². The van der Waals surface area contributed by atoms with Crippen molar-refractivity contribution in [3.8, 4) is 0 Å². The Balaban J connectivity index is 1.96. The van der Waals surface area contributed by atoms with Crippen LogP contribution in [0.25, 0.3) is 0 Å². The number of halogens is 1. The minimum Gasteiger partial charge on any atom is -0.389 e. The van der Waals surface area contributed by atoms with E-state index in [0.717, 1.165) is 12.1 Å². The molecule has 0 fully saturated rings. The molecule has 2 N–H and O–H groups in total. The summed E-state index contributed by atoms with van der Waals surface area (Å²) < 4.78 is 18.2. The molecule has 0 bridgehead atoms. The molecule has 1 aromatic rings. The smallest absolute Gasteiger partial charge is 0.123 e. The topological polar surface area (TPSA) is 41.5 Å². The summed E-state index contributed by atoms with van der Waals surface area (Å²) in [5.74, 6) is -0.261. The van der Waals surface area contributed by atoms with Crippen molar-refractivity contribution in [3.05, 3.63) is 30.1 Å². The number of ether oxygens (including phenoxy) is 1. The molecule has 0 aliphatic heterocycles. The Bertz CT molecular complexity index is 356. The van der Waals surface area contributed by atoms with Gasteiger partial charge >= 0.3 is 0 Å². The van der Waals surface area contributed by atoms with Gasteiger partial charge in [-0.05, 0) is 30.7 Å². The van der Waals surface area contributed by atoms with Crippen LogP contribution in [0.1, 0.15) is 45.4 Å². The molecule has 0 heterocycles. The highest BCUT2D eigenvalue weighted by Gasteiger charge is 2.04. The van der Waals surface area contributed by atoms with E-state index in [4.69, 9.17) is 4.74 Å². The van der Waals surface area contributed by atoms with Crippen molar-refractivity contribution in [2.24, 2.45) is 0 Å². The molecule has 1 aromatic carbocycles. The number of unbranched alkanes of at least 4 members (excludes halogenated alkanes) is 5. The molecule has 0 saturated carbocycles. The molecule has 0 aliphatic rings. The second-order valence-electron chi connectivity index (χ2n) is 5.38. The van der Waals surface area contributed by atoms with E-state index in [-0.39, 0.29) is 5.82 Å². The molecule has 120 valence electrons. The first-order valence-electron chi connectivity index (χ1n) is 7.97. The van der Waals surface area contributed by atoms with E-state index >= 15 is 0 Å². The van der Waals surface area contributed by atoms with Gasteiger partial charge in [0.05, 0.1) is 12.7 Å². The summed E-state index contributed by atoms with van der Waals surface area (Å²) >= 11 is 0. The van der Waals surface area contributed by atoms with Gasteiger partial charge < -0.3 is 15.2 Å². The summed E-state index contributed by atoms with van der Waals surface area (Å²) in [5.41, 5.74) is 0.798. The predicted molar refractivity (Wildman–Crippen MR) is 85.1 cm³/mol. The molecule has 0 spiro atoms. The van der Waals surface area contributed by atoms with E-state index in [1.165, 1.54) is 44.2 Å². The van der Waals surface area contributed by atoms with Crippen molar-refractivity contribution in [1.82, 2.24) is 0 Å². The number of benzene rings is 1. The van der Waals surface area contributed by atoms with Crippen LogP contribution in [-0.2, 0) is 4.74 Å². The van der Waals surface area contributed by atoms with Crippen molar-refractivity contribution in [2.75, 3.05) is 25.1 Å². The lowest BCUT2D eigenvalue weighted by Gasteiger charge is -2.13. The third-order valence-corrected chi connectivity index (χ3v) is 3.34. The first-order valence-corrected chi connectivity index (χ1v) is 7.97. The molecule has 0 aromatic heterocycles. The van der Waals surface area contributed by atoms with Crippen LogP contribution in [0, 0.1) is 5.82 Å². The molecule has 3 nitrogen and oxygen atoms in total. The number of rotatable bonds is 12. The van der Waals surface area contributed by atoms with Gasteiger partial charge in [0.25, 0.3) is 0 Å². The van der Waals surface area contributed by atoms with Crippen molar-refractivity contribution < 1.29 is 14.2 Å². The van der Waals surface area contributed by atoms with Gasteiger partial charge in [0.2, 0.25) is 0 Å². The lowest BCUT2D eigenvalue weighted by molar-refractivity contribution is 0.0416. The average molecular weight is 297 g/mol. The van der Waals surface area contributed by atoms with E-state index in [0.29, 0.717) is 19.8 Å². The summed E-state index contributed by atoms with van der Waals surface area (Å²) in [6.45, 7) is 3.66. The van der Waals surface area contributed by atoms with E-state index in [9.17, 15) is 9.50 Å². The van der Waals surface area contributed by atoms with Crippen LogP contribution in [-0.4, -0.2) is 31.0 Å². The maximum atomic E-state index is 12.7. The lowest BCUT2D eigenvalue weighted by atomic mass is 10.1. The molecule has 0 aliphatic carbocycles. The minimum absolute atomic E-state index is 0.261. The molecular formula is C17H28FNO2. The van der Waals surface area contributed by atoms with E-state index in [1.54, 1.807) is 12.1 Å². The number of hydrogen-bond acceptors (Lipinski definition) is 3. The standard InChI is InChI=1S/C17H28FNO2/c1-2-3-4-5-6-7-12-21-14-17(20)13-19-16-10-8-15(18)9-11-16/h8-11,17,19-20H,2-7,12-14H2,1H3. The lowest BCUT2D eigenvalue weighted by Crippen LogP contribution is -2.25. The molecule has 0 amide bonds. The van der Waals surface area contributed by atoms with E-state index < -0.39 is 6.10 Å². The fourth-order valence-electron chi connectivity index (χ4n) is 2.07. The zero-order chi connectivity index (χ0) is 15.3. The zero-order valence-corrected chi connectivity index (χ0v) is 13.0. The van der Waals surface area contributed by atoms with Crippen molar-refractivity contribution in [3.63, 3.8) is 0 Å². The highest BCUT2D eigenvalue weighted by Crippen LogP contribution is 2.08. The number of aliphatic hydroxyl groups is 1. The summed E-state index contributed by atoms with van der Waals surface area (Å²) in [6, 6.07) is 6.09. The van der Waals surface area contributed by atoms with Gasteiger partial charge in [0.15, 0.2) is 0 Å². The molecule has 1 unspecified atom stereocenters. The van der Waals surface area contributed by atoms with Crippen LogP contribution in [0.15, 0.2) is 24.3 Å². The largest absolute Gasteiger partial charge is 0.389 e. The number of nitrogens with one attached hydrogen (secondary N) is 1. The molecule has 21 heavy (non-hydrogen) atoms. The van der Waals surface area contributed by atoms with Gasteiger partial charge in [-0.3, -0.25) is 0 Å². The Morgan fingerprint density at radius 1 is 1.10 bits per heavy atom. The third-order valence-electron chi connectivity index (χ3n) is 3.34. The first-order chi connectivity index (χ1) is 10.2. The molecule has 1 rings (SSSR count). The van der Waals surface area contributed by atoms with Crippen LogP contribution in [0.2, 0.25) is 0 Å². The maximum absolute atomic E-state index is 12.7. The minimum atomic E-state index is -0.546. The van der Waals surface area contributed by atoms with E-state index in [2.05, 4.69) is 12.2 Å². The number of aliphatic hydroxyl groups excluding tert-OH is 1. The van der Waals surface area contributed by atoms with Crippen molar-refractivity contribution in [2.45, 2.75) is 51.6 Å². The third kappa shape index (κ3) is 9.43. The number of hydrogen-bond donors (Lipinski definition) is 2. The Kier molecular flexibility index (Phi) is 9.83. The highest BCUT2D eigenvalue weighted by atomic mass is 19.1. The van der Waals surface area contributed by atoms with Gasteiger partial charge in [-0.1, -0.05) is 39.0 Å². The normalized spacial score (nSPS) is 12.3. The van der Waals surface area contributed by atoms with Gasteiger partial charge in [-0.15, -0.1) is 0 Å². The molecule has 0 radical (unpaired) electrons. The highest BCUT2D eigenvalue weighted by molar-refractivity contribution is 5.42. The molecule has 0 saturated heterocycles. The van der Waals surface area contributed by atoms with Crippen LogP contribution < -0.4 is 5.32 Å². The van der Waals surface area contributed by atoms with Crippen LogP contribution in [0.5, 0.6) is 0 Å². The van der Waals surface area contributed by atoms with Gasteiger partial charge in [0.1, 0.15) is 5.82 Å². The maximum Gasteiger partial charge on any atom is 0.123 e. The summed E-state index contributed by atoms with van der Waals surface area (Å²) in [4.78, 5) is 0. The van der Waals surface area contributed by atoms with Crippen LogP contribution in [0.3, 0.4) is 0 Å². The molecule has 1 atom stereocenters. The monoisotopic (exact) mass is 297 g/mol. The Hall–Kier alpha value is -1.13. The zero-order valence-electron chi connectivity index (χ0n) is 13.0. The fourth-order valence-corrected chi connectivity index (χ4v) is 2.07. The summed E-state index contributed by atoms with van der Waals surface area (Å²) in [5, 5.41) is 12.8. The molecular weight excluding hydrogens is 269 g/mol. The van der Waals surface area contributed by atoms with Crippen molar-refractivity contribution >= 4 is 5.69 Å². The first kappa shape index (κ1) is 17.9. The SMILES string of the molecule is CCCCCCCCOCC(O)CNc1ccc(F)cc1. The second-order valence-corrected chi connectivity index (χ2v) is 5.38. The van der Waals surface area contributed by atoms with Crippen molar-refractivity contribution in [1.29, 1.82) is 0 Å². The fraction of sp³-hybridized carbons (Fsp3) is 0.647. The Morgan fingerprint density at radius 2 is 1.76 bits per heavy atom. The predicted octanol–water partition coefficient (Wildman–Crippen LogP) is 3.98. The average Bonchev–Trinajstić information content (AvgIpc) is 2.49. The summed E-state index contributed by atoms with van der Waals surface area (Å²) in [7, 11) is 0. The summed E-state index contributed by atoms with van der Waals surface area (Å²) in [6.07, 6.45) is 6.87. The second kappa shape index (κ2) is 11.5. The van der Waals surface area contributed by atoms with Gasteiger partial charge in [0, 0.05) is 18.8 Å².